The van der Waals surface area contributed by atoms with Crippen LogP contribution in [0, 0.1) is 0 Å². The number of para-hydroxylation sites is 1. The fourth-order valence-electron chi connectivity index (χ4n) is 3.38. The predicted molar refractivity (Wildman–Crippen MR) is 104 cm³/mol. The van der Waals surface area contributed by atoms with E-state index in [1.807, 2.05) is 53.2 Å². The van der Waals surface area contributed by atoms with Gasteiger partial charge in [0.25, 0.3) is 0 Å². The fourth-order valence-corrected chi connectivity index (χ4v) is 4.18. The number of fused-ring (bicyclic) bond motifs is 1. The van der Waals surface area contributed by atoms with E-state index in [9.17, 15) is 8.42 Å². The lowest BCUT2D eigenvalue weighted by Crippen LogP contribution is -2.35. The van der Waals surface area contributed by atoms with E-state index < -0.39 is 10.0 Å². The number of benzene rings is 2. The van der Waals surface area contributed by atoms with Crippen LogP contribution in [-0.2, 0) is 29.5 Å². The molecule has 27 heavy (non-hydrogen) atoms. The first-order chi connectivity index (χ1) is 13.0. The minimum atomic E-state index is -3.17. The van der Waals surface area contributed by atoms with Crippen LogP contribution in [0.1, 0.15) is 16.8 Å². The Balaban J connectivity index is 1.54. The highest BCUT2D eigenvalue weighted by atomic mass is 32.2. The van der Waals surface area contributed by atoms with Gasteiger partial charge in [-0.15, -0.1) is 5.10 Å². The Hall–Kier alpha value is -2.71. The molecule has 140 valence electrons. The van der Waals surface area contributed by atoms with E-state index in [-0.39, 0.29) is 0 Å². The summed E-state index contributed by atoms with van der Waals surface area (Å²) in [4.78, 5) is 0. The SMILES string of the molecule is CS(=O)(=O)N1CCc2c(cccc2NCc2cnnn2-c2ccccc2)C1. The maximum absolute atomic E-state index is 11.8. The molecule has 2 heterocycles. The molecule has 0 radical (unpaired) electrons. The van der Waals surface area contributed by atoms with Crippen LogP contribution in [0.15, 0.2) is 54.7 Å². The van der Waals surface area contributed by atoms with E-state index in [0.29, 0.717) is 26.1 Å². The van der Waals surface area contributed by atoms with E-state index in [0.717, 1.165) is 22.6 Å². The monoisotopic (exact) mass is 383 g/mol. The number of sulfonamides is 1. The first kappa shape index (κ1) is 17.7. The van der Waals surface area contributed by atoms with Gasteiger partial charge < -0.3 is 5.32 Å². The molecule has 0 bridgehead atoms. The molecule has 1 aliphatic rings. The van der Waals surface area contributed by atoms with Gasteiger partial charge in [0, 0.05) is 18.8 Å². The van der Waals surface area contributed by atoms with Crippen molar-refractivity contribution in [3.63, 3.8) is 0 Å². The van der Waals surface area contributed by atoms with E-state index >= 15 is 0 Å². The number of hydrogen-bond donors (Lipinski definition) is 1. The highest BCUT2D eigenvalue weighted by molar-refractivity contribution is 7.88. The molecule has 0 fully saturated rings. The zero-order valence-corrected chi connectivity index (χ0v) is 15.9. The Morgan fingerprint density at radius 1 is 1.11 bits per heavy atom. The summed E-state index contributed by atoms with van der Waals surface area (Å²) in [5.74, 6) is 0. The summed E-state index contributed by atoms with van der Waals surface area (Å²) in [6, 6.07) is 15.9. The van der Waals surface area contributed by atoms with Crippen LogP contribution in [-0.4, -0.2) is 40.5 Å². The van der Waals surface area contributed by atoms with E-state index in [1.165, 1.54) is 16.1 Å². The average molecular weight is 383 g/mol. The molecular formula is C19H21N5O2S. The highest BCUT2D eigenvalue weighted by Gasteiger charge is 2.24. The van der Waals surface area contributed by atoms with Crippen molar-refractivity contribution >= 4 is 15.7 Å². The van der Waals surface area contributed by atoms with Crippen LogP contribution >= 0.6 is 0 Å². The summed E-state index contributed by atoms with van der Waals surface area (Å²) in [5.41, 5.74) is 5.17. The van der Waals surface area contributed by atoms with Crippen LogP contribution in [0.5, 0.6) is 0 Å². The van der Waals surface area contributed by atoms with Crippen LogP contribution < -0.4 is 5.32 Å². The number of nitrogens with one attached hydrogen (secondary N) is 1. The first-order valence-corrected chi connectivity index (χ1v) is 10.6. The van der Waals surface area contributed by atoms with Gasteiger partial charge in [-0.1, -0.05) is 35.5 Å². The maximum atomic E-state index is 11.8. The van der Waals surface area contributed by atoms with Crippen molar-refractivity contribution in [1.82, 2.24) is 19.3 Å². The Labute approximate surface area is 158 Å². The van der Waals surface area contributed by atoms with Crippen molar-refractivity contribution in [1.29, 1.82) is 0 Å². The highest BCUT2D eigenvalue weighted by Crippen LogP contribution is 2.27. The number of nitrogens with zero attached hydrogens (tertiary/aromatic N) is 4. The molecule has 3 aromatic rings. The van der Waals surface area contributed by atoms with Crippen LogP contribution in [0.4, 0.5) is 5.69 Å². The van der Waals surface area contributed by atoms with Gasteiger partial charge in [-0.25, -0.2) is 13.1 Å². The zero-order chi connectivity index (χ0) is 18.9. The number of aromatic nitrogens is 3. The Bertz CT molecular complexity index is 1050. The molecule has 4 rings (SSSR count). The predicted octanol–water partition coefficient (Wildman–Crippen LogP) is 2.20. The smallest absolute Gasteiger partial charge is 0.211 e. The average Bonchev–Trinajstić information content (AvgIpc) is 3.14. The molecule has 0 amide bonds. The lowest BCUT2D eigenvalue weighted by atomic mass is 9.99. The minimum absolute atomic E-state index is 0.424. The van der Waals surface area contributed by atoms with E-state index in [4.69, 9.17) is 0 Å². The normalized spacial score (nSPS) is 14.7. The molecule has 7 nitrogen and oxygen atoms in total. The lowest BCUT2D eigenvalue weighted by molar-refractivity contribution is 0.395. The van der Waals surface area contributed by atoms with Crippen molar-refractivity contribution in [2.75, 3.05) is 18.1 Å². The molecular weight excluding hydrogens is 362 g/mol. The Morgan fingerprint density at radius 3 is 2.70 bits per heavy atom. The molecule has 2 aromatic carbocycles. The molecule has 0 atom stereocenters. The quantitative estimate of drug-likeness (QED) is 0.731. The molecule has 0 unspecified atom stereocenters. The van der Waals surface area contributed by atoms with Gasteiger partial charge in [-0.2, -0.15) is 4.31 Å². The van der Waals surface area contributed by atoms with E-state index in [2.05, 4.69) is 15.6 Å². The van der Waals surface area contributed by atoms with Crippen molar-refractivity contribution in [3.05, 3.63) is 71.5 Å². The fraction of sp³-hybridized carbons (Fsp3) is 0.263. The molecule has 0 spiro atoms. The third-order valence-electron chi connectivity index (χ3n) is 4.78. The topological polar surface area (TPSA) is 80.1 Å². The lowest BCUT2D eigenvalue weighted by Gasteiger charge is -2.28. The third kappa shape index (κ3) is 3.72. The summed E-state index contributed by atoms with van der Waals surface area (Å²) < 4.78 is 27.0. The third-order valence-corrected chi connectivity index (χ3v) is 6.03. The van der Waals surface area contributed by atoms with Gasteiger partial charge >= 0.3 is 0 Å². The van der Waals surface area contributed by atoms with Crippen molar-refractivity contribution in [3.8, 4) is 5.69 Å². The van der Waals surface area contributed by atoms with Gasteiger partial charge in [0.2, 0.25) is 10.0 Å². The van der Waals surface area contributed by atoms with Gasteiger partial charge in [-0.05, 0) is 35.7 Å². The standard InChI is InChI=1S/C19H21N5O2S/c1-27(25,26)23-11-10-18-15(14-23)6-5-9-19(18)20-12-17-13-21-22-24(17)16-7-3-2-4-8-16/h2-9,13,20H,10-12,14H2,1H3. The van der Waals surface area contributed by atoms with Crippen molar-refractivity contribution in [2.24, 2.45) is 0 Å². The second kappa shape index (κ2) is 7.13. The minimum Gasteiger partial charge on any atom is -0.379 e. The van der Waals surface area contributed by atoms with Gasteiger partial charge in [0.15, 0.2) is 0 Å². The van der Waals surface area contributed by atoms with E-state index in [1.54, 1.807) is 6.20 Å². The second-order valence-electron chi connectivity index (χ2n) is 6.62. The largest absolute Gasteiger partial charge is 0.379 e. The molecule has 1 aliphatic heterocycles. The van der Waals surface area contributed by atoms with Crippen molar-refractivity contribution in [2.45, 2.75) is 19.5 Å². The second-order valence-corrected chi connectivity index (χ2v) is 8.60. The molecule has 0 aliphatic carbocycles. The number of hydrogen-bond acceptors (Lipinski definition) is 5. The summed E-state index contributed by atoms with van der Waals surface area (Å²) in [7, 11) is -3.17. The number of anilines is 1. The van der Waals surface area contributed by atoms with Crippen molar-refractivity contribution < 1.29 is 8.42 Å². The van der Waals surface area contributed by atoms with Gasteiger partial charge in [0.05, 0.1) is 30.4 Å². The van der Waals surface area contributed by atoms with Crippen LogP contribution in [0.25, 0.3) is 5.69 Å². The first-order valence-electron chi connectivity index (χ1n) is 8.77. The Kier molecular flexibility index (Phi) is 4.67. The summed E-state index contributed by atoms with van der Waals surface area (Å²) in [6.45, 7) is 1.51. The molecule has 8 heteroatoms. The van der Waals surface area contributed by atoms with Gasteiger partial charge in [0.1, 0.15) is 0 Å². The zero-order valence-electron chi connectivity index (χ0n) is 15.0. The van der Waals surface area contributed by atoms with Gasteiger partial charge in [-0.3, -0.25) is 0 Å². The number of rotatable bonds is 5. The van der Waals surface area contributed by atoms with Crippen LogP contribution in [0.3, 0.4) is 0 Å². The summed E-state index contributed by atoms with van der Waals surface area (Å²) in [5, 5.41) is 11.7. The summed E-state index contributed by atoms with van der Waals surface area (Å²) >= 11 is 0. The molecule has 1 aromatic heterocycles. The van der Waals surface area contributed by atoms with Crippen LogP contribution in [0.2, 0.25) is 0 Å². The summed E-state index contributed by atoms with van der Waals surface area (Å²) in [6.07, 6.45) is 3.71. The molecule has 1 N–H and O–H groups in total. The Morgan fingerprint density at radius 2 is 1.93 bits per heavy atom. The maximum Gasteiger partial charge on any atom is 0.211 e. The molecule has 0 saturated carbocycles. The molecule has 0 saturated heterocycles.